The topological polar surface area (TPSA) is 24.9 Å². The maximum absolute atomic E-state index is 4.48. The van der Waals surface area contributed by atoms with Gasteiger partial charge in [0.05, 0.1) is 6.04 Å². The fourth-order valence-electron chi connectivity index (χ4n) is 1.26. The van der Waals surface area contributed by atoms with Gasteiger partial charge < -0.3 is 5.32 Å². The van der Waals surface area contributed by atoms with Gasteiger partial charge in [-0.05, 0) is 6.92 Å². The lowest BCUT2D eigenvalue weighted by Crippen LogP contribution is -2.30. The second-order valence-corrected chi connectivity index (χ2v) is 4.95. The summed E-state index contributed by atoms with van der Waals surface area (Å²) in [5.41, 5.74) is 1.15. The third kappa shape index (κ3) is 3.59. The summed E-state index contributed by atoms with van der Waals surface area (Å²) in [5.74, 6) is 2.41. The van der Waals surface area contributed by atoms with Gasteiger partial charge in [-0.15, -0.1) is 36.2 Å². The molecular formula is C8H14Cl2N2S2. The molecule has 1 saturated heterocycles. The Labute approximate surface area is 105 Å². The van der Waals surface area contributed by atoms with Crippen LogP contribution in [-0.4, -0.2) is 23.0 Å². The van der Waals surface area contributed by atoms with Crippen LogP contribution in [0.25, 0.3) is 0 Å². The number of aromatic nitrogens is 1. The van der Waals surface area contributed by atoms with Crippen LogP contribution in [0.1, 0.15) is 16.7 Å². The van der Waals surface area contributed by atoms with Crippen molar-refractivity contribution in [3.05, 3.63) is 16.1 Å². The molecule has 2 heterocycles. The Balaban J connectivity index is 0.000000845. The number of aryl methyl sites for hydroxylation is 1. The van der Waals surface area contributed by atoms with Gasteiger partial charge in [-0.25, -0.2) is 4.98 Å². The minimum atomic E-state index is 0. The van der Waals surface area contributed by atoms with Gasteiger partial charge in [0.1, 0.15) is 5.01 Å². The molecule has 1 N–H and O–H groups in total. The molecule has 1 aromatic rings. The van der Waals surface area contributed by atoms with Gasteiger partial charge in [0.25, 0.3) is 0 Å². The molecule has 1 fully saturated rings. The summed E-state index contributed by atoms with van der Waals surface area (Å²) in [4.78, 5) is 4.48. The largest absolute Gasteiger partial charge is 0.306 e. The molecule has 82 valence electrons. The van der Waals surface area contributed by atoms with Crippen molar-refractivity contribution in [2.75, 3.05) is 18.1 Å². The molecule has 1 atom stereocenters. The highest BCUT2D eigenvalue weighted by atomic mass is 35.5. The molecule has 1 aliphatic heterocycles. The van der Waals surface area contributed by atoms with Crippen LogP contribution < -0.4 is 5.32 Å². The highest BCUT2D eigenvalue weighted by Crippen LogP contribution is 2.24. The summed E-state index contributed by atoms with van der Waals surface area (Å²) in [7, 11) is 0. The molecule has 0 saturated carbocycles. The van der Waals surface area contributed by atoms with Crippen molar-refractivity contribution >= 4 is 47.9 Å². The average molecular weight is 273 g/mol. The fraction of sp³-hybridized carbons (Fsp3) is 0.625. The van der Waals surface area contributed by atoms with Gasteiger partial charge >= 0.3 is 0 Å². The van der Waals surface area contributed by atoms with Gasteiger partial charge in [-0.2, -0.15) is 11.8 Å². The SMILES string of the molecule is Cc1csc(C2CSCCN2)n1.Cl.Cl. The number of nitrogens with one attached hydrogen (secondary N) is 1. The number of thiazole rings is 1. The maximum atomic E-state index is 4.48. The monoisotopic (exact) mass is 272 g/mol. The van der Waals surface area contributed by atoms with Crippen LogP contribution in [-0.2, 0) is 0 Å². The van der Waals surface area contributed by atoms with E-state index < -0.39 is 0 Å². The summed E-state index contributed by atoms with van der Waals surface area (Å²) >= 11 is 3.78. The van der Waals surface area contributed by atoms with E-state index in [-0.39, 0.29) is 24.8 Å². The smallest absolute Gasteiger partial charge is 0.111 e. The lowest BCUT2D eigenvalue weighted by molar-refractivity contribution is 0.591. The van der Waals surface area contributed by atoms with Crippen molar-refractivity contribution in [3.8, 4) is 0 Å². The minimum absolute atomic E-state index is 0. The van der Waals surface area contributed by atoms with Crippen molar-refractivity contribution in [1.29, 1.82) is 0 Å². The molecule has 0 bridgehead atoms. The molecule has 1 aromatic heterocycles. The van der Waals surface area contributed by atoms with E-state index >= 15 is 0 Å². The molecule has 0 aliphatic carbocycles. The Morgan fingerprint density at radius 2 is 2.29 bits per heavy atom. The van der Waals surface area contributed by atoms with Crippen LogP contribution in [0.15, 0.2) is 5.38 Å². The van der Waals surface area contributed by atoms with E-state index in [2.05, 4.69) is 22.6 Å². The zero-order valence-electron chi connectivity index (χ0n) is 7.86. The van der Waals surface area contributed by atoms with Gasteiger partial charge in [-0.3, -0.25) is 0 Å². The predicted molar refractivity (Wildman–Crippen MR) is 69.4 cm³/mol. The number of rotatable bonds is 1. The quantitative estimate of drug-likeness (QED) is 0.851. The van der Waals surface area contributed by atoms with Crippen molar-refractivity contribution in [3.63, 3.8) is 0 Å². The highest BCUT2D eigenvalue weighted by Gasteiger charge is 2.17. The van der Waals surface area contributed by atoms with Gasteiger partial charge in [0.2, 0.25) is 0 Å². The van der Waals surface area contributed by atoms with E-state index in [0.29, 0.717) is 6.04 Å². The molecule has 1 aliphatic rings. The number of hydrogen-bond donors (Lipinski definition) is 1. The van der Waals surface area contributed by atoms with Crippen LogP contribution >= 0.6 is 47.9 Å². The van der Waals surface area contributed by atoms with E-state index in [1.807, 2.05) is 11.8 Å². The number of thioether (sulfide) groups is 1. The van der Waals surface area contributed by atoms with E-state index in [1.54, 1.807) is 11.3 Å². The summed E-state index contributed by atoms with van der Waals surface area (Å²) in [6.45, 7) is 3.17. The highest BCUT2D eigenvalue weighted by molar-refractivity contribution is 7.99. The van der Waals surface area contributed by atoms with Crippen molar-refractivity contribution in [1.82, 2.24) is 10.3 Å². The molecule has 14 heavy (non-hydrogen) atoms. The second kappa shape index (κ2) is 6.90. The molecule has 2 rings (SSSR count). The van der Waals surface area contributed by atoms with Crippen LogP contribution in [0.4, 0.5) is 0 Å². The lowest BCUT2D eigenvalue weighted by atomic mass is 10.3. The third-order valence-corrected chi connectivity index (χ3v) is 3.99. The number of hydrogen-bond acceptors (Lipinski definition) is 4. The lowest BCUT2D eigenvalue weighted by Gasteiger charge is -2.20. The summed E-state index contributed by atoms with van der Waals surface area (Å²) < 4.78 is 0. The molecule has 0 spiro atoms. The first-order chi connectivity index (χ1) is 5.86. The number of nitrogens with zero attached hydrogens (tertiary/aromatic N) is 1. The van der Waals surface area contributed by atoms with Crippen LogP contribution in [0.2, 0.25) is 0 Å². The summed E-state index contributed by atoms with van der Waals surface area (Å²) in [6, 6.07) is 0.502. The van der Waals surface area contributed by atoms with Gasteiger partial charge in [-0.1, -0.05) is 0 Å². The second-order valence-electron chi connectivity index (χ2n) is 2.91. The molecule has 0 radical (unpaired) electrons. The molecule has 0 amide bonds. The van der Waals surface area contributed by atoms with Gasteiger partial charge in [0.15, 0.2) is 0 Å². The Hall–Kier alpha value is 0.520. The van der Waals surface area contributed by atoms with E-state index in [4.69, 9.17) is 0 Å². The van der Waals surface area contributed by atoms with E-state index in [0.717, 1.165) is 12.2 Å². The zero-order chi connectivity index (χ0) is 8.39. The first kappa shape index (κ1) is 14.5. The van der Waals surface area contributed by atoms with Crippen LogP contribution in [0.3, 0.4) is 0 Å². The first-order valence-corrected chi connectivity index (χ1v) is 6.13. The fourth-order valence-corrected chi connectivity index (χ4v) is 3.17. The summed E-state index contributed by atoms with van der Waals surface area (Å²) in [5, 5.41) is 6.85. The average Bonchev–Trinajstić information content (AvgIpc) is 2.54. The van der Waals surface area contributed by atoms with Crippen LogP contribution in [0, 0.1) is 6.92 Å². The minimum Gasteiger partial charge on any atom is -0.306 e. The van der Waals surface area contributed by atoms with Gasteiger partial charge in [0, 0.05) is 29.1 Å². The molecule has 6 heteroatoms. The number of halogens is 2. The van der Waals surface area contributed by atoms with E-state index in [1.165, 1.54) is 16.5 Å². The Morgan fingerprint density at radius 1 is 1.50 bits per heavy atom. The third-order valence-electron chi connectivity index (χ3n) is 1.86. The standard InChI is InChI=1S/C8H12N2S2.2ClH/c1-6-4-12-8(10-6)7-5-11-3-2-9-7;;/h4,7,9H,2-3,5H2,1H3;2*1H. The molecule has 2 nitrogen and oxygen atoms in total. The van der Waals surface area contributed by atoms with Crippen LogP contribution in [0.5, 0.6) is 0 Å². The molecule has 0 aromatic carbocycles. The summed E-state index contributed by atoms with van der Waals surface area (Å²) in [6.07, 6.45) is 0. The van der Waals surface area contributed by atoms with Crippen molar-refractivity contribution in [2.45, 2.75) is 13.0 Å². The molecule has 1 unspecified atom stereocenters. The Kier molecular flexibility index (Phi) is 7.16. The Morgan fingerprint density at radius 3 is 2.79 bits per heavy atom. The predicted octanol–water partition coefficient (Wildman–Crippen LogP) is 2.67. The van der Waals surface area contributed by atoms with E-state index in [9.17, 15) is 0 Å². The first-order valence-electron chi connectivity index (χ1n) is 4.09. The normalized spacial score (nSPS) is 20.8. The van der Waals surface area contributed by atoms with Crippen molar-refractivity contribution < 1.29 is 0 Å². The zero-order valence-corrected chi connectivity index (χ0v) is 11.1. The maximum Gasteiger partial charge on any atom is 0.111 e. The Bertz CT molecular complexity index is 262. The van der Waals surface area contributed by atoms with Crippen molar-refractivity contribution in [2.24, 2.45) is 0 Å². The molecular weight excluding hydrogens is 259 g/mol.